The predicted molar refractivity (Wildman–Crippen MR) is 196 cm³/mol. The van der Waals surface area contributed by atoms with Gasteiger partial charge in [0.25, 0.3) is 15.6 Å². The molecule has 2 aromatic rings. The average molecular weight is 924 g/mol. The van der Waals surface area contributed by atoms with E-state index in [1.165, 1.54) is 32.5 Å². The molecule has 1 fully saturated rings. The number of carbonyl (C=O) groups is 3. The van der Waals surface area contributed by atoms with Crippen molar-refractivity contribution in [2.45, 2.75) is 76.8 Å². The molecule has 25 nitrogen and oxygen atoms in total. The summed E-state index contributed by atoms with van der Waals surface area (Å²) in [6.07, 6.45) is -6.93. The smallest absolute Gasteiger partial charge is 0.274 e. The molecular weight excluding hydrogens is 879 g/mol. The van der Waals surface area contributed by atoms with E-state index in [1.54, 1.807) is 0 Å². The van der Waals surface area contributed by atoms with E-state index in [0.717, 1.165) is 34.7 Å². The first kappa shape index (κ1) is 50.2. The number of thioether (sulfide) groups is 2. The fraction of sp³-hybridized carbons (Fsp3) is 0.714. The highest BCUT2D eigenvalue weighted by molar-refractivity contribution is 8.13. The SMILES string of the molecule is CCSCC(O)CC(=O)SCCNC(=O)CCNC(=O)C(O)C(C)(C)COP(=O)([O-])OP(=O)([O-])OCC1OC(C)(n2cnc3c(N)ncnc32)C(O)C1OP(=O)([O-])[O-]. The van der Waals surface area contributed by atoms with Gasteiger partial charge in [0.1, 0.15) is 36.3 Å². The summed E-state index contributed by atoms with van der Waals surface area (Å²) in [6, 6.07) is 0. The highest BCUT2D eigenvalue weighted by Gasteiger charge is 2.55. The van der Waals surface area contributed by atoms with Gasteiger partial charge in [-0.3, -0.25) is 28.1 Å². The van der Waals surface area contributed by atoms with Gasteiger partial charge in [-0.05, 0) is 12.7 Å². The van der Waals surface area contributed by atoms with Crippen molar-refractivity contribution in [1.29, 1.82) is 0 Å². The van der Waals surface area contributed by atoms with E-state index in [2.05, 4.69) is 43.5 Å². The van der Waals surface area contributed by atoms with Crippen molar-refractivity contribution < 1.29 is 85.6 Å². The number of aliphatic hydroxyl groups is 3. The molecule has 330 valence electrons. The molecule has 0 aliphatic carbocycles. The van der Waals surface area contributed by atoms with Crippen LogP contribution in [0.4, 0.5) is 5.82 Å². The van der Waals surface area contributed by atoms with Gasteiger partial charge in [-0.25, -0.2) is 19.3 Å². The summed E-state index contributed by atoms with van der Waals surface area (Å²) in [4.78, 5) is 96.4. The van der Waals surface area contributed by atoms with Gasteiger partial charge in [0, 0.05) is 42.9 Å². The molecular formula is C28H44N7O18P3S2-4. The van der Waals surface area contributed by atoms with Gasteiger partial charge in [0.2, 0.25) is 11.8 Å². The van der Waals surface area contributed by atoms with Crippen LogP contribution in [0, 0.1) is 5.41 Å². The Morgan fingerprint density at radius 2 is 1.76 bits per heavy atom. The minimum atomic E-state index is -5.94. The lowest BCUT2D eigenvalue weighted by Crippen LogP contribution is -2.46. The lowest BCUT2D eigenvalue weighted by atomic mass is 9.87. The number of ether oxygens (including phenoxy) is 1. The second kappa shape index (κ2) is 21.1. The third-order valence-corrected chi connectivity index (χ3v) is 13.1. The van der Waals surface area contributed by atoms with Crippen molar-refractivity contribution in [3.63, 3.8) is 0 Å². The summed E-state index contributed by atoms with van der Waals surface area (Å²) in [7, 11) is -17.7. The average Bonchev–Trinajstić information content (AvgIpc) is 3.66. The molecule has 0 bridgehead atoms. The van der Waals surface area contributed by atoms with E-state index in [9.17, 15) is 63.0 Å². The number of rotatable bonds is 24. The van der Waals surface area contributed by atoms with Crippen LogP contribution in [0.25, 0.3) is 11.2 Å². The van der Waals surface area contributed by atoms with Gasteiger partial charge in [0.15, 0.2) is 22.3 Å². The number of hydrogen-bond donors (Lipinski definition) is 6. The first-order valence-corrected chi connectivity index (χ1v) is 23.6. The first-order valence-electron chi connectivity index (χ1n) is 17.1. The quantitative estimate of drug-likeness (QED) is 0.0446. The lowest BCUT2D eigenvalue weighted by molar-refractivity contribution is -0.347. The molecule has 7 N–H and O–H groups in total. The van der Waals surface area contributed by atoms with Gasteiger partial charge in [-0.2, -0.15) is 11.8 Å². The molecule has 0 radical (unpaired) electrons. The van der Waals surface area contributed by atoms with Crippen molar-refractivity contribution in [2.75, 3.05) is 49.3 Å². The summed E-state index contributed by atoms with van der Waals surface area (Å²) < 4.78 is 61.0. The summed E-state index contributed by atoms with van der Waals surface area (Å²) in [5.74, 6) is -0.117. The minimum absolute atomic E-state index is 0.0166. The van der Waals surface area contributed by atoms with E-state index in [4.69, 9.17) is 10.5 Å². The zero-order chi connectivity index (χ0) is 43.7. The molecule has 1 aliphatic rings. The number of aliphatic hydroxyl groups excluding tert-OH is 3. The maximum Gasteiger partial charge on any atom is 0.274 e. The minimum Gasteiger partial charge on any atom is -0.790 e. The molecule has 1 saturated heterocycles. The molecule has 1 aliphatic heterocycles. The number of imidazole rings is 1. The Bertz CT molecular complexity index is 1890. The number of aromatic nitrogens is 4. The van der Waals surface area contributed by atoms with E-state index >= 15 is 0 Å². The second-order valence-corrected chi connectivity index (χ2v) is 19.8. The summed E-state index contributed by atoms with van der Waals surface area (Å²) in [6.45, 7) is 3.05. The molecule has 2 aromatic heterocycles. The van der Waals surface area contributed by atoms with E-state index < -0.39 is 90.2 Å². The first-order chi connectivity index (χ1) is 26.8. The molecule has 0 saturated carbocycles. The van der Waals surface area contributed by atoms with Gasteiger partial charge >= 0.3 is 0 Å². The van der Waals surface area contributed by atoms with Crippen LogP contribution in [0.1, 0.15) is 40.5 Å². The molecule has 8 unspecified atom stereocenters. The third-order valence-electron chi connectivity index (χ3n) is 8.14. The molecule has 0 aromatic carbocycles. The fourth-order valence-corrected chi connectivity index (χ4v) is 9.24. The van der Waals surface area contributed by atoms with Gasteiger partial charge < -0.3 is 74.1 Å². The van der Waals surface area contributed by atoms with Crippen molar-refractivity contribution in [3.05, 3.63) is 12.7 Å². The Labute approximate surface area is 340 Å². The van der Waals surface area contributed by atoms with Gasteiger partial charge in [-0.15, -0.1) is 0 Å². The van der Waals surface area contributed by atoms with E-state index in [0.29, 0.717) is 5.75 Å². The largest absolute Gasteiger partial charge is 0.790 e. The lowest BCUT2D eigenvalue weighted by Gasteiger charge is -2.36. The van der Waals surface area contributed by atoms with Crippen LogP contribution in [-0.2, 0) is 56.4 Å². The van der Waals surface area contributed by atoms with Crippen LogP contribution in [0.5, 0.6) is 0 Å². The monoisotopic (exact) mass is 923 g/mol. The summed E-state index contributed by atoms with van der Waals surface area (Å²) >= 11 is 2.45. The number of carbonyl (C=O) groups excluding carboxylic acids is 3. The van der Waals surface area contributed by atoms with Crippen molar-refractivity contribution in [1.82, 2.24) is 30.2 Å². The number of amides is 2. The van der Waals surface area contributed by atoms with Crippen molar-refractivity contribution in [2.24, 2.45) is 5.41 Å². The molecule has 0 spiro atoms. The molecule has 3 heterocycles. The normalized spacial score (nSPS) is 23.2. The van der Waals surface area contributed by atoms with Crippen LogP contribution in [-0.4, -0.2) is 126 Å². The van der Waals surface area contributed by atoms with Crippen LogP contribution in [0.3, 0.4) is 0 Å². The maximum absolute atomic E-state index is 12.6. The van der Waals surface area contributed by atoms with Gasteiger partial charge in [0.05, 0.1) is 33.5 Å². The van der Waals surface area contributed by atoms with Gasteiger partial charge in [-0.1, -0.05) is 32.5 Å². The Balaban J connectivity index is 1.49. The zero-order valence-corrected chi connectivity index (χ0v) is 35.7. The molecule has 3 rings (SSSR count). The number of fused-ring (bicyclic) bond motifs is 1. The van der Waals surface area contributed by atoms with E-state index in [1.807, 2.05) is 6.92 Å². The zero-order valence-electron chi connectivity index (χ0n) is 31.4. The van der Waals surface area contributed by atoms with Crippen LogP contribution < -0.4 is 35.9 Å². The van der Waals surface area contributed by atoms with E-state index in [-0.39, 0.29) is 53.8 Å². The summed E-state index contributed by atoms with van der Waals surface area (Å²) in [5.41, 5.74) is 1.99. The van der Waals surface area contributed by atoms with Crippen LogP contribution >= 0.6 is 47.0 Å². The number of phosphoric acid groups is 3. The number of nitrogens with two attached hydrogens (primary N) is 1. The maximum atomic E-state index is 12.6. The highest BCUT2D eigenvalue weighted by Crippen LogP contribution is 2.56. The Morgan fingerprint density at radius 1 is 1.09 bits per heavy atom. The van der Waals surface area contributed by atoms with Crippen molar-refractivity contribution >= 4 is 80.9 Å². The fourth-order valence-electron chi connectivity index (χ4n) is 5.15. The van der Waals surface area contributed by atoms with Crippen LogP contribution in [0.15, 0.2) is 12.7 Å². The molecule has 8 atom stereocenters. The highest BCUT2D eigenvalue weighted by atomic mass is 32.2. The molecule has 2 amide bonds. The van der Waals surface area contributed by atoms with Crippen molar-refractivity contribution in [3.8, 4) is 0 Å². The predicted octanol–water partition coefficient (Wildman–Crippen LogP) is -3.19. The van der Waals surface area contributed by atoms with Crippen LogP contribution in [0.2, 0.25) is 0 Å². The topological polar surface area (TPSA) is 395 Å². The molecule has 30 heteroatoms. The number of nitrogens with one attached hydrogen (secondary N) is 2. The number of phosphoric ester groups is 3. The standard InChI is InChI=1S/C28H48N7O18P3S2/c1-5-57-12-16(36)10-19(38)58-9-8-30-18(37)6-7-31-26(41)23(40)27(2,3)13-50-56(47,48)53-55(45,46)49-11-17-21(52-54(42,43)44)22(39)28(4,51-17)35-15-34-20-24(29)32-14-33-25(20)35/h14-17,21-23,36,39-40H,5-13H2,1-4H3,(H,30,37)(H,31,41)(H,45,46)(H,47,48)(H2,29,32,33)(H2,42,43,44)/p-4. The second-order valence-electron chi connectivity index (χ2n) is 13.3. The summed E-state index contributed by atoms with van der Waals surface area (Å²) in [5, 5.41) is 36.0. The Kier molecular flexibility index (Phi) is 18.3. The molecule has 58 heavy (non-hydrogen) atoms. The number of anilines is 1. The number of nitrogen functional groups attached to an aromatic ring is 1. The Morgan fingerprint density at radius 3 is 2.41 bits per heavy atom. The number of hydrogen-bond acceptors (Lipinski definition) is 24. The Hall–Kier alpha value is -2.13. The third kappa shape index (κ3) is 14.8. The number of nitrogens with zero attached hydrogens (tertiary/aromatic N) is 4.